The van der Waals surface area contributed by atoms with E-state index in [1.165, 1.54) is 0 Å². The first-order chi connectivity index (χ1) is 5.73. The van der Waals surface area contributed by atoms with Crippen LogP contribution in [0.1, 0.15) is 6.92 Å². The van der Waals surface area contributed by atoms with Crippen LogP contribution in [0, 0.1) is 6.26 Å². The van der Waals surface area contributed by atoms with Crippen LogP contribution in [0.4, 0.5) is 22.0 Å². The molecule has 0 saturated heterocycles. The molecule has 0 nitrogen and oxygen atoms in total. The van der Waals surface area contributed by atoms with Gasteiger partial charge in [-0.25, -0.2) is 0 Å². The summed E-state index contributed by atoms with van der Waals surface area (Å²) in [4.78, 5) is 0. The van der Waals surface area contributed by atoms with Crippen LogP contribution in [-0.2, 0) is 0 Å². The zero-order chi connectivity index (χ0) is 10.7. The molecule has 0 aromatic heterocycles. The van der Waals surface area contributed by atoms with Crippen molar-refractivity contribution in [2.45, 2.75) is 19.0 Å². The molecule has 6 heteroatoms. The van der Waals surface area contributed by atoms with Crippen molar-refractivity contribution in [1.29, 1.82) is 0 Å². The second-order valence-corrected chi connectivity index (χ2v) is 3.07. The van der Waals surface area contributed by atoms with E-state index >= 15 is 0 Å². The van der Waals surface area contributed by atoms with Gasteiger partial charge in [0.2, 0.25) is 0 Å². The lowest BCUT2D eigenvalue weighted by molar-refractivity contribution is -0.264. The second kappa shape index (κ2) is 4.30. The summed E-state index contributed by atoms with van der Waals surface area (Å²) in [6, 6.07) is 0. The Morgan fingerprint density at radius 1 is 1.31 bits per heavy atom. The summed E-state index contributed by atoms with van der Waals surface area (Å²) in [5, 5.41) is 0. The Balaban J connectivity index is 4.63. The predicted molar refractivity (Wildman–Crippen MR) is 42.6 cm³/mol. The molecular weight excluding hydrogens is 211 g/mol. The van der Waals surface area contributed by atoms with Crippen LogP contribution in [0.5, 0.6) is 0 Å². The highest BCUT2D eigenvalue weighted by Gasteiger charge is 2.58. The molecule has 0 rings (SSSR count). The van der Waals surface area contributed by atoms with Gasteiger partial charge < -0.3 is 0 Å². The van der Waals surface area contributed by atoms with Crippen molar-refractivity contribution in [2.75, 3.05) is 5.75 Å². The SMILES string of the molecule is [CH2]SC/C=C(\C)C(F)(F)C(F)(F)F. The number of hydrogen-bond acceptors (Lipinski definition) is 1. The molecule has 0 aromatic rings. The lowest BCUT2D eigenvalue weighted by Gasteiger charge is -2.20. The Morgan fingerprint density at radius 2 is 1.77 bits per heavy atom. The highest BCUT2D eigenvalue weighted by Crippen LogP contribution is 2.40. The van der Waals surface area contributed by atoms with Gasteiger partial charge in [-0.15, -0.1) is 0 Å². The second-order valence-electron chi connectivity index (χ2n) is 2.33. The first-order valence-electron chi connectivity index (χ1n) is 3.22. The highest BCUT2D eigenvalue weighted by atomic mass is 32.2. The Labute approximate surface area is 77.2 Å². The van der Waals surface area contributed by atoms with Crippen LogP contribution in [0.15, 0.2) is 11.6 Å². The normalized spacial score (nSPS) is 14.8. The maximum Gasteiger partial charge on any atom is 0.457 e. The fraction of sp³-hybridized carbons (Fsp3) is 0.571. The van der Waals surface area contributed by atoms with E-state index in [9.17, 15) is 22.0 Å². The van der Waals surface area contributed by atoms with Crippen LogP contribution in [0.3, 0.4) is 0 Å². The first-order valence-corrected chi connectivity index (χ1v) is 4.37. The molecule has 0 amide bonds. The third-order valence-electron chi connectivity index (χ3n) is 1.36. The fourth-order valence-electron chi connectivity index (χ4n) is 0.536. The van der Waals surface area contributed by atoms with Crippen LogP contribution in [-0.4, -0.2) is 17.9 Å². The van der Waals surface area contributed by atoms with E-state index in [-0.39, 0.29) is 5.75 Å². The van der Waals surface area contributed by atoms with Crippen molar-refractivity contribution in [3.8, 4) is 0 Å². The van der Waals surface area contributed by atoms with E-state index in [4.69, 9.17) is 0 Å². The van der Waals surface area contributed by atoms with Crippen molar-refractivity contribution < 1.29 is 22.0 Å². The van der Waals surface area contributed by atoms with Crippen LogP contribution in [0.25, 0.3) is 0 Å². The van der Waals surface area contributed by atoms with Gasteiger partial charge in [0.25, 0.3) is 0 Å². The molecule has 0 saturated carbocycles. The Kier molecular flexibility index (Phi) is 4.22. The van der Waals surface area contributed by atoms with E-state index in [0.717, 1.165) is 24.8 Å². The smallest absolute Gasteiger partial charge is 0.191 e. The van der Waals surface area contributed by atoms with E-state index in [1.54, 1.807) is 0 Å². The van der Waals surface area contributed by atoms with Gasteiger partial charge in [0.1, 0.15) is 0 Å². The monoisotopic (exact) mass is 219 g/mol. The van der Waals surface area contributed by atoms with Crippen LogP contribution >= 0.6 is 11.8 Å². The molecule has 0 N–H and O–H groups in total. The topological polar surface area (TPSA) is 0 Å². The Morgan fingerprint density at radius 3 is 2.08 bits per heavy atom. The average Bonchev–Trinajstić information content (AvgIpc) is 1.97. The van der Waals surface area contributed by atoms with Crippen molar-refractivity contribution >= 4 is 11.8 Å². The summed E-state index contributed by atoms with van der Waals surface area (Å²) < 4.78 is 59.9. The fourth-order valence-corrected chi connectivity index (χ4v) is 0.904. The van der Waals surface area contributed by atoms with Crippen molar-refractivity contribution in [3.63, 3.8) is 0 Å². The van der Waals surface area contributed by atoms with Gasteiger partial charge in [0.15, 0.2) is 0 Å². The molecule has 13 heavy (non-hydrogen) atoms. The standard InChI is InChI=1S/C7H8F5S/c1-5(3-4-13-2)6(8,9)7(10,11)12/h3H,2,4H2,1H3/b5-3+. The number of alkyl halides is 5. The molecule has 1 radical (unpaired) electrons. The largest absolute Gasteiger partial charge is 0.457 e. The summed E-state index contributed by atoms with van der Waals surface area (Å²) in [5.41, 5.74) is -0.990. The van der Waals surface area contributed by atoms with Gasteiger partial charge in [0.05, 0.1) is 0 Å². The molecule has 0 aliphatic carbocycles. The Hall–Kier alpha value is -0.260. The molecule has 0 unspecified atom stereocenters. The highest BCUT2D eigenvalue weighted by molar-refractivity contribution is 8.00. The first kappa shape index (κ1) is 12.7. The van der Waals surface area contributed by atoms with E-state index in [0.29, 0.717) is 0 Å². The number of halogens is 5. The van der Waals surface area contributed by atoms with Crippen molar-refractivity contribution in [1.82, 2.24) is 0 Å². The van der Waals surface area contributed by atoms with Crippen molar-refractivity contribution in [3.05, 3.63) is 17.9 Å². The molecule has 0 bridgehead atoms. The number of hydrogen-bond donors (Lipinski definition) is 0. The zero-order valence-electron chi connectivity index (χ0n) is 6.79. The quantitative estimate of drug-likeness (QED) is 0.515. The van der Waals surface area contributed by atoms with Crippen LogP contribution < -0.4 is 0 Å². The summed E-state index contributed by atoms with van der Waals surface area (Å²) in [6.45, 7) is 0.754. The summed E-state index contributed by atoms with van der Waals surface area (Å²) in [7, 11) is 0. The molecule has 0 aliphatic heterocycles. The lowest BCUT2D eigenvalue weighted by atomic mass is 10.1. The lowest BCUT2D eigenvalue weighted by Crippen LogP contribution is -2.37. The minimum Gasteiger partial charge on any atom is -0.191 e. The average molecular weight is 219 g/mol. The van der Waals surface area contributed by atoms with E-state index in [1.807, 2.05) is 0 Å². The third-order valence-corrected chi connectivity index (χ3v) is 1.76. The minimum absolute atomic E-state index is 0.0392. The number of thioether (sulfide) groups is 1. The zero-order valence-corrected chi connectivity index (χ0v) is 7.61. The van der Waals surface area contributed by atoms with Gasteiger partial charge in [-0.05, 0) is 6.92 Å². The summed E-state index contributed by atoms with van der Waals surface area (Å²) in [6.07, 6.45) is -1.44. The van der Waals surface area contributed by atoms with E-state index in [2.05, 4.69) is 6.26 Å². The molecular formula is C7H8F5S. The Bertz CT molecular complexity index is 194. The van der Waals surface area contributed by atoms with Crippen molar-refractivity contribution in [2.24, 2.45) is 0 Å². The molecule has 0 fully saturated rings. The molecule has 0 aliphatic rings. The maximum atomic E-state index is 12.4. The van der Waals surface area contributed by atoms with Crippen LogP contribution in [0.2, 0.25) is 0 Å². The molecule has 0 heterocycles. The van der Waals surface area contributed by atoms with Gasteiger partial charge in [-0.1, -0.05) is 6.08 Å². The number of rotatable bonds is 3. The van der Waals surface area contributed by atoms with Gasteiger partial charge in [-0.3, -0.25) is 0 Å². The van der Waals surface area contributed by atoms with Gasteiger partial charge >= 0.3 is 12.1 Å². The number of allylic oxidation sites excluding steroid dienone is 1. The maximum absolute atomic E-state index is 12.4. The summed E-state index contributed by atoms with van der Waals surface area (Å²) >= 11 is 0.930. The molecule has 0 spiro atoms. The van der Waals surface area contributed by atoms with Gasteiger partial charge in [-0.2, -0.15) is 33.7 Å². The van der Waals surface area contributed by atoms with Gasteiger partial charge in [0, 0.05) is 17.6 Å². The molecule has 0 aromatic carbocycles. The third kappa shape index (κ3) is 3.17. The molecule has 77 valence electrons. The predicted octanol–water partition coefficient (Wildman–Crippen LogP) is 3.66. The minimum atomic E-state index is -5.51. The molecule has 0 atom stereocenters. The summed E-state index contributed by atoms with van der Waals surface area (Å²) in [5.74, 6) is -4.69. The van der Waals surface area contributed by atoms with E-state index < -0.39 is 17.7 Å².